The predicted molar refractivity (Wildman–Crippen MR) is 54.9 cm³/mol. The van der Waals surface area contributed by atoms with Gasteiger partial charge in [0.25, 0.3) is 0 Å². The molecule has 14 heavy (non-hydrogen) atoms. The summed E-state index contributed by atoms with van der Waals surface area (Å²) in [6.45, 7) is 3.90. The molecule has 3 N–H and O–H groups in total. The van der Waals surface area contributed by atoms with Gasteiger partial charge in [-0.1, -0.05) is 6.92 Å². The van der Waals surface area contributed by atoms with E-state index in [4.69, 9.17) is 5.11 Å². The van der Waals surface area contributed by atoms with Gasteiger partial charge in [-0.15, -0.1) is 0 Å². The van der Waals surface area contributed by atoms with Crippen molar-refractivity contribution in [3.8, 4) is 0 Å². The molecular weight excluding hydrogens is 180 g/mol. The smallest absolute Gasteiger partial charge is 0.237 e. The van der Waals surface area contributed by atoms with E-state index in [1.807, 2.05) is 13.8 Å². The van der Waals surface area contributed by atoms with Crippen LogP contribution in [0.15, 0.2) is 0 Å². The third kappa shape index (κ3) is 3.64. The van der Waals surface area contributed by atoms with Gasteiger partial charge in [0.15, 0.2) is 0 Å². The number of carbonyl (C=O) groups is 1. The van der Waals surface area contributed by atoms with Crippen molar-refractivity contribution in [1.29, 1.82) is 0 Å². The van der Waals surface area contributed by atoms with Crippen molar-refractivity contribution in [2.45, 2.75) is 51.2 Å². The Kier molecular flexibility index (Phi) is 4.35. The van der Waals surface area contributed by atoms with Gasteiger partial charge in [0, 0.05) is 12.1 Å². The summed E-state index contributed by atoms with van der Waals surface area (Å²) < 4.78 is 0. The van der Waals surface area contributed by atoms with Gasteiger partial charge in [-0.3, -0.25) is 4.79 Å². The zero-order chi connectivity index (χ0) is 10.6. The lowest BCUT2D eigenvalue weighted by molar-refractivity contribution is -0.123. The highest BCUT2D eigenvalue weighted by Crippen LogP contribution is 2.18. The molecule has 0 saturated heterocycles. The molecule has 1 amide bonds. The zero-order valence-corrected chi connectivity index (χ0v) is 8.92. The molecule has 0 radical (unpaired) electrons. The van der Waals surface area contributed by atoms with E-state index in [1.165, 1.54) is 0 Å². The molecule has 1 aliphatic rings. The summed E-state index contributed by atoms with van der Waals surface area (Å²) in [5.74, 6) is 0.0411. The lowest BCUT2D eigenvalue weighted by Crippen LogP contribution is -2.48. The van der Waals surface area contributed by atoms with E-state index < -0.39 is 0 Å². The molecule has 4 heteroatoms. The number of hydrogen-bond donors (Lipinski definition) is 3. The van der Waals surface area contributed by atoms with Gasteiger partial charge in [-0.25, -0.2) is 0 Å². The number of carbonyl (C=O) groups excluding carboxylic acids is 1. The summed E-state index contributed by atoms with van der Waals surface area (Å²) in [7, 11) is 0. The van der Waals surface area contributed by atoms with Crippen molar-refractivity contribution in [3.05, 3.63) is 0 Å². The standard InChI is InChI=1S/C10H20N2O2/c1-3-8(6-13)11-7(2)10(14)12-9-4-5-9/h7-9,11,13H,3-6H2,1-2H3,(H,12,14). The van der Waals surface area contributed by atoms with E-state index >= 15 is 0 Å². The molecule has 2 atom stereocenters. The minimum absolute atomic E-state index is 0.0231. The molecule has 0 heterocycles. The van der Waals surface area contributed by atoms with Gasteiger partial charge >= 0.3 is 0 Å². The lowest BCUT2D eigenvalue weighted by atomic mass is 10.2. The van der Waals surface area contributed by atoms with E-state index in [9.17, 15) is 4.79 Å². The van der Waals surface area contributed by atoms with Crippen LogP contribution in [0.5, 0.6) is 0 Å². The second-order valence-electron chi connectivity index (χ2n) is 3.96. The second kappa shape index (κ2) is 5.32. The summed E-state index contributed by atoms with van der Waals surface area (Å²) in [4.78, 5) is 11.5. The van der Waals surface area contributed by atoms with Gasteiger partial charge in [0.1, 0.15) is 0 Å². The molecule has 0 aliphatic heterocycles. The Morgan fingerprint density at radius 2 is 2.21 bits per heavy atom. The molecule has 0 spiro atoms. The van der Waals surface area contributed by atoms with E-state index in [-0.39, 0.29) is 24.6 Å². The van der Waals surface area contributed by atoms with Crippen LogP contribution in [0.1, 0.15) is 33.1 Å². The van der Waals surface area contributed by atoms with Gasteiger partial charge in [-0.2, -0.15) is 0 Å². The van der Waals surface area contributed by atoms with Crippen molar-refractivity contribution < 1.29 is 9.90 Å². The maximum absolute atomic E-state index is 11.5. The number of rotatable bonds is 6. The number of aliphatic hydroxyl groups is 1. The topological polar surface area (TPSA) is 61.4 Å². The fourth-order valence-corrected chi connectivity index (χ4v) is 1.28. The monoisotopic (exact) mass is 200 g/mol. The largest absolute Gasteiger partial charge is 0.395 e. The van der Waals surface area contributed by atoms with Crippen LogP contribution in [-0.4, -0.2) is 35.7 Å². The molecule has 0 aromatic heterocycles. The normalized spacial score (nSPS) is 20.2. The Balaban J connectivity index is 2.23. The average molecular weight is 200 g/mol. The lowest BCUT2D eigenvalue weighted by Gasteiger charge is -2.19. The first-order chi connectivity index (χ1) is 6.67. The second-order valence-corrected chi connectivity index (χ2v) is 3.96. The van der Waals surface area contributed by atoms with Crippen LogP contribution in [-0.2, 0) is 4.79 Å². The van der Waals surface area contributed by atoms with Gasteiger partial charge < -0.3 is 15.7 Å². The van der Waals surface area contributed by atoms with E-state index in [2.05, 4.69) is 10.6 Å². The van der Waals surface area contributed by atoms with Crippen molar-refractivity contribution in [3.63, 3.8) is 0 Å². The first-order valence-electron chi connectivity index (χ1n) is 5.34. The van der Waals surface area contributed by atoms with Crippen molar-refractivity contribution >= 4 is 5.91 Å². The molecule has 1 fully saturated rings. The molecule has 82 valence electrons. The molecule has 1 rings (SSSR count). The Morgan fingerprint density at radius 3 is 2.64 bits per heavy atom. The maximum Gasteiger partial charge on any atom is 0.237 e. The van der Waals surface area contributed by atoms with E-state index in [0.717, 1.165) is 19.3 Å². The zero-order valence-electron chi connectivity index (χ0n) is 8.92. The summed E-state index contributed by atoms with van der Waals surface area (Å²) >= 11 is 0. The summed E-state index contributed by atoms with van der Waals surface area (Å²) in [5, 5.41) is 15.0. The maximum atomic E-state index is 11.5. The quantitative estimate of drug-likeness (QED) is 0.566. The minimum atomic E-state index is -0.215. The summed E-state index contributed by atoms with van der Waals surface area (Å²) in [6.07, 6.45) is 3.04. The van der Waals surface area contributed by atoms with Crippen molar-refractivity contribution in [2.24, 2.45) is 0 Å². The van der Waals surface area contributed by atoms with Crippen LogP contribution in [0.25, 0.3) is 0 Å². The van der Waals surface area contributed by atoms with Gasteiger partial charge in [-0.05, 0) is 26.2 Å². The predicted octanol–water partition coefficient (Wildman–Crippen LogP) is 0.0140. The van der Waals surface area contributed by atoms with Crippen molar-refractivity contribution in [1.82, 2.24) is 10.6 Å². The Labute approximate surface area is 85.1 Å². The van der Waals surface area contributed by atoms with Crippen LogP contribution in [0.2, 0.25) is 0 Å². The summed E-state index contributed by atoms with van der Waals surface area (Å²) in [6, 6.07) is 0.212. The molecule has 1 saturated carbocycles. The van der Waals surface area contributed by atoms with Crippen LogP contribution in [0, 0.1) is 0 Å². The van der Waals surface area contributed by atoms with Crippen LogP contribution >= 0.6 is 0 Å². The number of amides is 1. The Hall–Kier alpha value is -0.610. The van der Waals surface area contributed by atoms with E-state index in [1.54, 1.807) is 0 Å². The molecule has 2 unspecified atom stereocenters. The third-order valence-corrected chi connectivity index (χ3v) is 2.52. The minimum Gasteiger partial charge on any atom is -0.395 e. The van der Waals surface area contributed by atoms with Gasteiger partial charge in [0.05, 0.1) is 12.6 Å². The number of nitrogens with one attached hydrogen (secondary N) is 2. The number of hydrogen-bond acceptors (Lipinski definition) is 3. The molecule has 0 bridgehead atoms. The molecular formula is C10H20N2O2. The highest BCUT2D eigenvalue weighted by molar-refractivity contribution is 5.81. The fraction of sp³-hybridized carbons (Fsp3) is 0.900. The number of aliphatic hydroxyl groups excluding tert-OH is 1. The molecule has 4 nitrogen and oxygen atoms in total. The summed E-state index contributed by atoms with van der Waals surface area (Å²) in [5.41, 5.74) is 0. The third-order valence-electron chi connectivity index (χ3n) is 2.52. The fourth-order valence-electron chi connectivity index (χ4n) is 1.28. The Morgan fingerprint density at radius 1 is 1.57 bits per heavy atom. The molecule has 1 aliphatic carbocycles. The molecule has 0 aromatic rings. The highest BCUT2D eigenvalue weighted by atomic mass is 16.3. The van der Waals surface area contributed by atoms with Gasteiger partial charge in [0.2, 0.25) is 5.91 Å². The highest BCUT2D eigenvalue weighted by Gasteiger charge is 2.26. The van der Waals surface area contributed by atoms with E-state index in [0.29, 0.717) is 6.04 Å². The van der Waals surface area contributed by atoms with Crippen LogP contribution in [0.3, 0.4) is 0 Å². The average Bonchev–Trinajstić information content (AvgIpc) is 2.97. The molecule has 0 aromatic carbocycles. The first kappa shape index (κ1) is 11.5. The Bertz CT molecular complexity index is 189. The SMILES string of the molecule is CCC(CO)NC(C)C(=O)NC1CC1. The van der Waals surface area contributed by atoms with Crippen molar-refractivity contribution in [2.75, 3.05) is 6.61 Å². The first-order valence-corrected chi connectivity index (χ1v) is 5.34. The van der Waals surface area contributed by atoms with Crippen LogP contribution < -0.4 is 10.6 Å². The van der Waals surface area contributed by atoms with Crippen LogP contribution in [0.4, 0.5) is 0 Å².